The van der Waals surface area contributed by atoms with Gasteiger partial charge in [0, 0.05) is 12.5 Å². The van der Waals surface area contributed by atoms with Crippen molar-refractivity contribution in [3.8, 4) is 0 Å². The quantitative estimate of drug-likeness (QED) is 0.764. The van der Waals surface area contributed by atoms with Gasteiger partial charge in [0.25, 0.3) is 5.91 Å². The molecule has 2 aliphatic rings. The molecule has 2 heterocycles. The Labute approximate surface area is 160 Å². The molecule has 27 heavy (non-hydrogen) atoms. The van der Waals surface area contributed by atoms with Crippen LogP contribution in [0.5, 0.6) is 0 Å². The Morgan fingerprint density at radius 2 is 2.00 bits per heavy atom. The van der Waals surface area contributed by atoms with Gasteiger partial charge in [0.15, 0.2) is 5.82 Å². The monoisotopic (exact) mass is 377 g/mol. The van der Waals surface area contributed by atoms with Gasteiger partial charge in [-0.2, -0.15) is 4.98 Å². The Morgan fingerprint density at radius 3 is 2.59 bits per heavy atom. The number of hydrogen-bond acceptors (Lipinski definition) is 6. The van der Waals surface area contributed by atoms with Gasteiger partial charge < -0.3 is 15.2 Å². The number of hydrogen-bond donors (Lipinski definition) is 2. The summed E-state index contributed by atoms with van der Waals surface area (Å²) < 4.78 is 5.24. The summed E-state index contributed by atoms with van der Waals surface area (Å²) in [5, 5.41) is 10.0. The number of urea groups is 1. The minimum Gasteiger partial charge on any atom is -0.337 e. The maximum Gasteiger partial charge on any atom is 0.325 e. The van der Waals surface area contributed by atoms with E-state index in [0.717, 1.165) is 12.8 Å². The number of carbonyl (C=O) groups is 2. The van der Waals surface area contributed by atoms with E-state index >= 15 is 0 Å². The lowest BCUT2D eigenvalue weighted by Gasteiger charge is -2.40. The maximum atomic E-state index is 13.0. The van der Waals surface area contributed by atoms with E-state index in [0.29, 0.717) is 31.0 Å². The molecule has 1 saturated heterocycles. The predicted octanol–water partition coefficient (Wildman–Crippen LogP) is 2.25. The van der Waals surface area contributed by atoms with E-state index in [-0.39, 0.29) is 35.8 Å². The summed E-state index contributed by atoms with van der Waals surface area (Å²) in [5.41, 5.74) is -0.542. The van der Waals surface area contributed by atoms with Crippen molar-refractivity contribution < 1.29 is 14.1 Å². The first-order valence-electron chi connectivity index (χ1n) is 9.77. The normalized spacial score (nSPS) is 27.3. The van der Waals surface area contributed by atoms with Crippen molar-refractivity contribution >= 4 is 11.9 Å². The highest BCUT2D eigenvalue weighted by atomic mass is 16.5. The molecule has 1 aromatic heterocycles. The average Bonchev–Trinajstić information content (AvgIpc) is 3.13. The van der Waals surface area contributed by atoms with Crippen LogP contribution in [0.4, 0.5) is 4.79 Å². The van der Waals surface area contributed by atoms with Crippen molar-refractivity contribution in [3.63, 3.8) is 0 Å². The van der Waals surface area contributed by atoms with Gasteiger partial charge in [-0.05, 0) is 51.0 Å². The second-order valence-corrected chi connectivity index (χ2v) is 9.04. The fourth-order valence-corrected chi connectivity index (χ4v) is 4.08. The van der Waals surface area contributed by atoms with E-state index in [4.69, 9.17) is 4.52 Å². The van der Waals surface area contributed by atoms with Crippen LogP contribution in [0.25, 0.3) is 0 Å². The molecule has 2 N–H and O–H groups in total. The molecule has 1 aliphatic heterocycles. The van der Waals surface area contributed by atoms with Crippen LogP contribution in [-0.2, 0) is 17.8 Å². The highest BCUT2D eigenvalue weighted by Gasteiger charge is 2.53. The molecule has 0 radical (unpaired) electrons. The smallest absolute Gasteiger partial charge is 0.325 e. The van der Waals surface area contributed by atoms with E-state index in [9.17, 15) is 9.59 Å². The Hall–Kier alpha value is -1.96. The zero-order valence-electron chi connectivity index (χ0n) is 17.0. The van der Waals surface area contributed by atoms with Crippen LogP contribution < -0.4 is 10.6 Å². The highest BCUT2D eigenvalue weighted by molar-refractivity contribution is 6.06. The summed E-state index contributed by atoms with van der Waals surface area (Å²) in [6, 6.07) is -0.147. The number of amides is 3. The van der Waals surface area contributed by atoms with E-state index in [1.165, 1.54) is 4.90 Å². The molecule has 8 nitrogen and oxygen atoms in total. The topological polar surface area (TPSA) is 100 Å². The van der Waals surface area contributed by atoms with Gasteiger partial charge in [-0.3, -0.25) is 9.69 Å². The van der Waals surface area contributed by atoms with Crippen molar-refractivity contribution in [1.82, 2.24) is 25.7 Å². The summed E-state index contributed by atoms with van der Waals surface area (Å²) in [6.45, 7) is 8.75. The number of imide groups is 1. The number of nitrogens with one attached hydrogen (secondary N) is 2. The van der Waals surface area contributed by atoms with Gasteiger partial charge in [0.05, 0.1) is 0 Å². The van der Waals surface area contributed by atoms with Crippen LogP contribution >= 0.6 is 0 Å². The zero-order chi connectivity index (χ0) is 19.8. The van der Waals surface area contributed by atoms with Crippen LogP contribution in [0.3, 0.4) is 0 Å². The average molecular weight is 377 g/mol. The first-order valence-corrected chi connectivity index (χ1v) is 9.77. The van der Waals surface area contributed by atoms with Crippen LogP contribution in [0.2, 0.25) is 0 Å². The maximum absolute atomic E-state index is 13.0. The predicted molar refractivity (Wildman–Crippen MR) is 99.7 cm³/mol. The molecular weight excluding hydrogens is 346 g/mol. The molecule has 1 aromatic rings. The molecular formula is C19H31N5O3. The number of nitrogens with zero attached hydrogens (tertiary/aromatic N) is 3. The summed E-state index contributed by atoms with van der Waals surface area (Å²) in [6.07, 6.45) is 3.87. The molecule has 1 spiro atoms. The fourth-order valence-electron chi connectivity index (χ4n) is 4.08. The van der Waals surface area contributed by atoms with Crippen molar-refractivity contribution in [1.29, 1.82) is 0 Å². The van der Waals surface area contributed by atoms with Gasteiger partial charge in [0.2, 0.25) is 5.89 Å². The lowest BCUT2D eigenvalue weighted by molar-refractivity contribution is -0.133. The molecule has 3 amide bonds. The zero-order valence-corrected chi connectivity index (χ0v) is 17.0. The largest absolute Gasteiger partial charge is 0.337 e. The van der Waals surface area contributed by atoms with Crippen LogP contribution in [0.15, 0.2) is 4.52 Å². The standard InChI is InChI=1S/C19H31N5O3/c1-12(20-5)10-14-21-15(27-23-14)11-24-16(25)19(22-17(24)26)8-6-13(7-9-19)18(2,3)4/h12-13,20H,6-11H2,1-5H3,(H,22,26). The second kappa shape index (κ2) is 7.22. The van der Waals surface area contributed by atoms with Crippen molar-refractivity contribution in [2.45, 2.75) is 77.9 Å². The summed E-state index contributed by atoms with van der Waals surface area (Å²) in [4.78, 5) is 31.0. The second-order valence-electron chi connectivity index (χ2n) is 9.04. The first-order chi connectivity index (χ1) is 12.6. The Kier molecular flexibility index (Phi) is 5.29. The minimum atomic E-state index is -0.762. The van der Waals surface area contributed by atoms with E-state index in [1.54, 1.807) is 0 Å². The number of aromatic nitrogens is 2. The van der Waals surface area contributed by atoms with Gasteiger partial charge in [0.1, 0.15) is 12.1 Å². The molecule has 3 rings (SSSR count). The molecule has 1 saturated carbocycles. The van der Waals surface area contributed by atoms with Crippen molar-refractivity contribution in [2.24, 2.45) is 11.3 Å². The summed E-state index contributed by atoms with van der Waals surface area (Å²) in [5.74, 6) is 1.26. The third-order valence-corrected chi connectivity index (χ3v) is 6.09. The Bertz CT molecular complexity index is 700. The van der Waals surface area contributed by atoms with Gasteiger partial charge in [-0.15, -0.1) is 0 Å². The molecule has 1 atom stereocenters. The Morgan fingerprint density at radius 1 is 1.33 bits per heavy atom. The third-order valence-electron chi connectivity index (χ3n) is 6.09. The minimum absolute atomic E-state index is 0.0239. The number of carbonyl (C=O) groups excluding carboxylic acids is 2. The SMILES string of the molecule is CNC(C)Cc1noc(CN2C(=O)NC3(CCC(C(C)(C)C)CC3)C2=O)n1. The molecule has 1 unspecified atom stereocenters. The fraction of sp³-hybridized carbons (Fsp3) is 0.789. The van der Waals surface area contributed by atoms with Crippen LogP contribution in [-0.4, -0.2) is 45.6 Å². The lowest BCUT2D eigenvalue weighted by atomic mass is 9.67. The third kappa shape index (κ3) is 4.00. The van der Waals surface area contributed by atoms with E-state index in [2.05, 4.69) is 41.5 Å². The number of likely N-dealkylation sites (N-methyl/N-ethyl adjacent to an activating group) is 1. The van der Waals surface area contributed by atoms with E-state index < -0.39 is 5.54 Å². The first kappa shape index (κ1) is 19.8. The molecule has 1 aliphatic carbocycles. The van der Waals surface area contributed by atoms with Crippen molar-refractivity contribution in [2.75, 3.05) is 7.05 Å². The lowest BCUT2D eigenvalue weighted by Crippen LogP contribution is -2.50. The summed E-state index contributed by atoms with van der Waals surface area (Å²) >= 11 is 0. The summed E-state index contributed by atoms with van der Waals surface area (Å²) in [7, 11) is 1.87. The molecule has 0 bridgehead atoms. The van der Waals surface area contributed by atoms with Gasteiger partial charge in [-0.25, -0.2) is 4.79 Å². The van der Waals surface area contributed by atoms with Gasteiger partial charge in [-0.1, -0.05) is 25.9 Å². The van der Waals surface area contributed by atoms with Gasteiger partial charge >= 0.3 is 6.03 Å². The molecule has 8 heteroatoms. The molecule has 150 valence electrons. The highest BCUT2D eigenvalue weighted by Crippen LogP contribution is 2.43. The van der Waals surface area contributed by atoms with E-state index in [1.807, 2.05) is 14.0 Å². The van der Waals surface area contributed by atoms with Crippen molar-refractivity contribution in [3.05, 3.63) is 11.7 Å². The van der Waals surface area contributed by atoms with Crippen LogP contribution in [0.1, 0.15) is 65.1 Å². The number of rotatable bonds is 5. The molecule has 2 fully saturated rings. The molecule has 0 aromatic carbocycles. The van der Waals surface area contributed by atoms with Crippen LogP contribution in [0, 0.1) is 11.3 Å². The Balaban J connectivity index is 1.65.